The lowest BCUT2D eigenvalue weighted by Crippen LogP contribution is -2.20. The Morgan fingerprint density at radius 1 is 0.957 bits per heavy atom. The van der Waals surface area contributed by atoms with Crippen LogP contribution in [0.1, 0.15) is 11.1 Å². The van der Waals surface area contributed by atoms with Crippen molar-refractivity contribution in [1.29, 1.82) is 0 Å². The lowest BCUT2D eigenvalue weighted by molar-refractivity contribution is -0.274. The van der Waals surface area contributed by atoms with Crippen LogP contribution in [0.3, 0.4) is 0 Å². The molecule has 0 aliphatic heterocycles. The van der Waals surface area contributed by atoms with E-state index in [-0.39, 0.29) is 5.75 Å². The highest BCUT2D eigenvalue weighted by Gasteiger charge is 2.30. The molecule has 2 rings (SSSR count). The minimum atomic E-state index is -4.70. The third-order valence-corrected chi connectivity index (χ3v) is 3.27. The van der Waals surface area contributed by atoms with Crippen molar-refractivity contribution < 1.29 is 17.9 Å². The number of nitrogens with one attached hydrogen (secondary N) is 2. The minimum absolute atomic E-state index is 0.281. The highest BCUT2D eigenvalue weighted by molar-refractivity contribution is 7.80. The van der Waals surface area contributed by atoms with Crippen LogP contribution in [0.15, 0.2) is 42.5 Å². The second-order valence-electron chi connectivity index (χ2n) is 4.92. The standard InChI is InChI=1S/C16H15F3N2OS/c1-10-4-3-5-11(2)14(10)21-15(23)20-12-6-8-13(9-7-12)22-16(17,18)19/h3-9H,1-2H3,(H2,20,21,23). The first-order chi connectivity index (χ1) is 10.7. The summed E-state index contributed by atoms with van der Waals surface area (Å²) in [6.07, 6.45) is -4.70. The summed E-state index contributed by atoms with van der Waals surface area (Å²) in [7, 11) is 0. The fourth-order valence-corrected chi connectivity index (χ4v) is 2.25. The average Bonchev–Trinajstić information content (AvgIpc) is 2.44. The SMILES string of the molecule is Cc1cccc(C)c1NC(=S)Nc1ccc(OC(F)(F)F)cc1. The third-order valence-electron chi connectivity index (χ3n) is 3.07. The Morgan fingerprint density at radius 3 is 2.04 bits per heavy atom. The van der Waals surface area contributed by atoms with E-state index in [9.17, 15) is 13.2 Å². The fourth-order valence-electron chi connectivity index (χ4n) is 2.03. The van der Waals surface area contributed by atoms with Crippen LogP contribution in [0.4, 0.5) is 24.5 Å². The molecule has 0 bridgehead atoms. The van der Waals surface area contributed by atoms with E-state index in [1.807, 2.05) is 32.0 Å². The molecule has 0 saturated carbocycles. The zero-order valence-corrected chi connectivity index (χ0v) is 13.3. The number of hydrogen-bond donors (Lipinski definition) is 2. The first-order valence-corrected chi connectivity index (χ1v) is 7.15. The summed E-state index contributed by atoms with van der Waals surface area (Å²) in [5.74, 6) is -0.281. The quantitative estimate of drug-likeness (QED) is 0.770. The van der Waals surface area contributed by atoms with E-state index in [2.05, 4.69) is 15.4 Å². The first kappa shape index (κ1) is 17.1. The Kier molecular flexibility index (Phi) is 5.10. The van der Waals surface area contributed by atoms with Crippen LogP contribution in [-0.4, -0.2) is 11.5 Å². The Balaban J connectivity index is 2.00. The number of hydrogen-bond acceptors (Lipinski definition) is 2. The molecule has 0 aromatic heterocycles. The van der Waals surface area contributed by atoms with E-state index in [0.29, 0.717) is 10.8 Å². The van der Waals surface area contributed by atoms with Gasteiger partial charge in [-0.15, -0.1) is 13.2 Å². The van der Waals surface area contributed by atoms with E-state index in [0.717, 1.165) is 16.8 Å². The highest BCUT2D eigenvalue weighted by Crippen LogP contribution is 2.24. The van der Waals surface area contributed by atoms with Gasteiger partial charge in [0.2, 0.25) is 0 Å². The van der Waals surface area contributed by atoms with Crippen molar-refractivity contribution in [2.45, 2.75) is 20.2 Å². The van der Waals surface area contributed by atoms with Gasteiger partial charge in [0.05, 0.1) is 0 Å². The summed E-state index contributed by atoms with van der Waals surface area (Å²) in [5, 5.41) is 6.36. The van der Waals surface area contributed by atoms with Gasteiger partial charge in [-0.3, -0.25) is 0 Å². The zero-order chi connectivity index (χ0) is 17.0. The number of alkyl halides is 3. The molecule has 0 spiro atoms. The predicted octanol–water partition coefficient (Wildman–Crippen LogP) is 5.01. The number of anilines is 2. The average molecular weight is 340 g/mol. The molecule has 0 fully saturated rings. The molecule has 0 unspecified atom stereocenters. The molecule has 0 atom stereocenters. The van der Waals surface area contributed by atoms with E-state index in [4.69, 9.17) is 12.2 Å². The molecule has 0 saturated heterocycles. The van der Waals surface area contributed by atoms with Gasteiger partial charge in [-0.1, -0.05) is 18.2 Å². The van der Waals surface area contributed by atoms with E-state index >= 15 is 0 Å². The van der Waals surface area contributed by atoms with Crippen LogP contribution in [0.2, 0.25) is 0 Å². The van der Waals surface area contributed by atoms with Crippen molar-refractivity contribution in [3.8, 4) is 5.75 Å². The van der Waals surface area contributed by atoms with Crippen molar-refractivity contribution in [2.75, 3.05) is 10.6 Å². The summed E-state index contributed by atoms with van der Waals surface area (Å²) in [6.45, 7) is 3.92. The monoisotopic (exact) mass is 340 g/mol. The normalized spacial score (nSPS) is 11.0. The maximum Gasteiger partial charge on any atom is 0.573 e. The summed E-state index contributed by atoms with van der Waals surface area (Å²) < 4.78 is 40.1. The van der Waals surface area contributed by atoms with Crippen molar-refractivity contribution >= 4 is 28.7 Å². The number of rotatable bonds is 3. The van der Waals surface area contributed by atoms with E-state index in [1.54, 1.807) is 0 Å². The largest absolute Gasteiger partial charge is 0.573 e. The number of halogens is 3. The van der Waals surface area contributed by atoms with Gasteiger partial charge < -0.3 is 15.4 Å². The van der Waals surface area contributed by atoms with Crippen molar-refractivity contribution in [1.82, 2.24) is 0 Å². The Hall–Kier alpha value is -2.28. The Bertz CT molecular complexity index is 679. The maximum atomic E-state index is 12.1. The van der Waals surface area contributed by atoms with Gasteiger partial charge in [-0.2, -0.15) is 0 Å². The molecule has 0 radical (unpaired) electrons. The van der Waals surface area contributed by atoms with Crippen LogP contribution < -0.4 is 15.4 Å². The summed E-state index contributed by atoms with van der Waals surface area (Å²) in [6, 6.07) is 11.2. The second-order valence-corrected chi connectivity index (χ2v) is 5.33. The number of aryl methyl sites for hydroxylation is 2. The van der Waals surface area contributed by atoms with Crippen LogP contribution in [0.25, 0.3) is 0 Å². The molecule has 2 N–H and O–H groups in total. The number of ether oxygens (including phenoxy) is 1. The molecule has 2 aromatic rings. The first-order valence-electron chi connectivity index (χ1n) is 6.74. The van der Waals surface area contributed by atoms with Crippen LogP contribution in [-0.2, 0) is 0 Å². The number of benzene rings is 2. The summed E-state index contributed by atoms with van der Waals surface area (Å²) in [4.78, 5) is 0. The minimum Gasteiger partial charge on any atom is -0.406 e. The molecular formula is C16H15F3N2OS. The van der Waals surface area contributed by atoms with Gasteiger partial charge in [0.15, 0.2) is 5.11 Å². The number of para-hydroxylation sites is 1. The topological polar surface area (TPSA) is 33.3 Å². The molecule has 3 nitrogen and oxygen atoms in total. The summed E-state index contributed by atoms with van der Waals surface area (Å²) in [5.41, 5.74) is 3.55. The summed E-state index contributed by atoms with van der Waals surface area (Å²) >= 11 is 5.22. The van der Waals surface area contributed by atoms with Gasteiger partial charge in [-0.25, -0.2) is 0 Å². The van der Waals surface area contributed by atoms with E-state index < -0.39 is 6.36 Å². The lowest BCUT2D eigenvalue weighted by Gasteiger charge is -2.15. The van der Waals surface area contributed by atoms with Crippen LogP contribution in [0, 0.1) is 13.8 Å². The molecule has 0 amide bonds. The second kappa shape index (κ2) is 6.87. The van der Waals surface area contributed by atoms with Gasteiger partial charge in [0.1, 0.15) is 5.75 Å². The lowest BCUT2D eigenvalue weighted by atomic mass is 10.1. The molecule has 0 aliphatic rings. The van der Waals surface area contributed by atoms with Crippen molar-refractivity contribution in [2.24, 2.45) is 0 Å². The van der Waals surface area contributed by atoms with Gasteiger partial charge in [-0.05, 0) is 61.5 Å². The van der Waals surface area contributed by atoms with Crippen molar-refractivity contribution in [3.05, 3.63) is 53.6 Å². The van der Waals surface area contributed by atoms with Gasteiger partial charge in [0.25, 0.3) is 0 Å². The van der Waals surface area contributed by atoms with Gasteiger partial charge in [0, 0.05) is 11.4 Å². The molecule has 7 heteroatoms. The molecule has 0 heterocycles. The fraction of sp³-hybridized carbons (Fsp3) is 0.188. The molecule has 0 aliphatic carbocycles. The smallest absolute Gasteiger partial charge is 0.406 e. The van der Waals surface area contributed by atoms with Crippen LogP contribution in [0.5, 0.6) is 5.75 Å². The Labute approximate surface area is 137 Å². The predicted molar refractivity (Wildman–Crippen MR) is 88.9 cm³/mol. The Morgan fingerprint density at radius 2 is 1.52 bits per heavy atom. The third kappa shape index (κ3) is 5.14. The molecule has 23 heavy (non-hydrogen) atoms. The zero-order valence-electron chi connectivity index (χ0n) is 12.5. The maximum absolute atomic E-state index is 12.1. The molecule has 2 aromatic carbocycles. The van der Waals surface area contributed by atoms with Crippen molar-refractivity contribution in [3.63, 3.8) is 0 Å². The molecule has 122 valence electrons. The van der Waals surface area contributed by atoms with Crippen LogP contribution >= 0.6 is 12.2 Å². The van der Waals surface area contributed by atoms with Gasteiger partial charge >= 0.3 is 6.36 Å². The van der Waals surface area contributed by atoms with E-state index in [1.165, 1.54) is 24.3 Å². The molecular weight excluding hydrogens is 325 g/mol. The highest BCUT2D eigenvalue weighted by atomic mass is 32.1. The number of thiocarbonyl (C=S) groups is 1.